The van der Waals surface area contributed by atoms with Gasteiger partial charge in [-0.15, -0.1) is 0 Å². The topological polar surface area (TPSA) is 54.9 Å². The number of hydrogen-bond donors (Lipinski definition) is 1. The Morgan fingerprint density at radius 2 is 1.68 bits per heavy atom. The van der Waals surface area contributed by atoms with Crippen LogP contribution in [0, 0.1) is 12.7 Å². The first-order valence-corrected chi connectivity index (χ1v) is 6.75. The smallest absolute Gasteiger partial charge is 0.282 e. The van der Waals surface area contributed by atoms with Crippen LogP contribution in [0.4, 0.5) is 4.39 Å². The van der Waals surface area contributed by atoms with E-state index in [4.69, 9.17) is 0 Å². The van der Waals surface area contributed by atoms with Crippen molar-refractivity contribution in [3.63, 3.8) is 0 Å². The number of aryl methyl sites for hydroxylation is 1. The van der Waals surface area contributed by atoms with E-state index in [1.807, 2.05) is 6.07 Å². The third-order valence-electron chi connectivity index (χ3n) is 3.42. The lowest BCUT2D eigenvalue weighted by Crippen LogP contribution is -2.20. The molecule has 0 aliphatic rings. The van der Waals surface area contributed by atoms with E-state index < -0.39 is 17.2 Å². The molecule has 0 amide bonds. The second kappa shape index (κ2) is 5.44. The molecule has 4 nitrogen and oxygen atoms in total. The fourth-order valence-electron chi connectivity index (χ4n) is 2.32. The van der Waals surface area contributed by atoms with E-state index in [0.29, 0.717) is 11.4 Å². The number of H-pyrrole nitrogens is 1. The Morgan fingerprint density at radius 1 is 1.05 bits per heavy atom. The number of aromatic nitrogens is 2. The number of carbonyl (C=O) groups excluding carboxylic acids is 1. The molecule has 5 heteroatoms. The van der Waals surface area contributed by atoms with Gasteiger partial charge in [0.15, 0.2) is 5.78 Å². The quantitative estimate of drug-likeness (QED) is 0.756. The monoisotopic (exact) mass is 296 g/mol. The molecule has 0 saturated carbocycles. The molecule has 3 rings (SSSR count). The van der Waals surface area contributed by atoms with Crippen molar-refractivity contribution in [1.29, 1.82) is 0 Å². The van der Waals surface area contributed by atoms with Crippen LogP contribution in [0.25, 0.3) is 5.69 Å². The fraction of sp³-hybridized carbons (Fsp3) is 0.0588. The highest BCUT2D eigenvalue weighted by Crippen LogP contribution is 2.12. The molecule has 22 heavy (non-hydrogen) atoms. The van der Waals surface area contributed by atoms with Crippen molar-refractivity contribution >= 4 is 5.78 Å². The van der Waals surface area contributed by atoms with Gasteiger partial charge in [-0.25, -0.2) is 9.07 Å². The standard InChI is InChI=1S/C17H13FN2O2/c1-11-15(16(21)12-7-9-13(18)10-8-12)17(22)20(19-11)14-5-3-2-4-6-14/h2-10,19H,1H3. The Balaban J connectivity index is 2.09. The molecule has 0 unspecified atom stereocenters. The molecule has 110 valence electrons. The molecule has 0 saturated heterocycles. The lowest BCUT2D eigenvalue weighted by Gasteiger charge is -1.99. The van der Waals surface area contributed by atoms with Crippen LogP contribution in [0.3, 0.4) is 0 Å². The summed E-state index contributed by atoms with van der Waals surface area (Å²) in [6.45, 7) is 1.66. The maximum Gasteiger partial charge on any atom is 0.282 e. The van der Waals surface area contributed by atoms with E-state index in [1.165, 1.54) is 28.9 Å². The van der Waals surface area contributed by atoms with Gasteiger partial charge < -0.3 is 0 Å². The zero-order chi connectivity index (χ0) is 15.7. The van der Waals surface area contributed by atoms with Gasteiger partial charge in [-0.2, -0.15) is 0 Å². The lowest BCUT2D eigenvalue weighted by molar-refractivity contribution is 0.103. The van der Waals surface area contributed by atoms with Crippen molar-refractivity contribution in [2.75, 3.05) is 0 Å². The summed E-state index contributed by atoms with van der Waals surface area (Å²) >= 11 is 0. The Hall–Kier alpha value is -2.95. The number of rotatable bonds is 3. The Bertz CT molecular complexity index is 877. The normalized spacial score (nSPS) is 10.6. The van der Waals surface area contributed by atoms with Gasteiger partial charge in [-0.3, -0.25) is 14.7 Å². The van der Waals surface area contributed by atoms with Gasteiger partial charge in [0.2, 0.25) is 0 Å². The number of nitrogens with one attached hydrogen (secondary N) is 1. The van der Waals surface area contributed by atoms with Crippen molar-refractivity contribution in [3.05, 3.63) is 87.6 Å². The summed E-state index contributed by atoms with van der Waals surface area (Å²) in [6.07, 6.45) is 0. The molecule has 1 heterocycles. The summed E-state index contributed by atoms with van der Waals surface area (Å²) in [5.74, 6) is -0.850. The zero-order valence-corrected chi connectivity index (χ0v) is 11.8. The van der Waals surface area contributed by atoms with E-state index in [2.05, 4.69) is 5.10 Å². The Kier molecular flexibility index (Phi) is 3.47. The molecule has 0 spiro atoms. The highest BCUT2D eigenvalue weighted by Gasteiger charge is 2.20. The highest BCUT2D eigenvalue weighted by atomic mass is 19.1. The molecule has 0 aliphatic heterocycles. The minimum Gasteiger partial charge on any atom is -0.295 e. The Labute approximate surface area is 125 Å². The number of nitrogens with zero attached hydrogens (tertiary/aromatic N) is 1. The SMILES string of the molecule is Cc1[nH]n(-c2ccccc2)c(=O)c1C(=O)c1ccc(F)cc1. The van der Waals surface area contributed by atoms with Crippen LogP contribution >= 0.6 is 0 Å². The summed E-state index contributed by atoms with van der Waals surface area (Å²) in [7, 11) is 0. The minimum absolute atomic E-state index is 0.0652. The lowest BCUT2D eigenvalue weighted by atomic mass is 10.0. The molecule has 1 N–H and O–H groups in total. The maximum atomic E-state index is 13.0. The Morgan fingerprint density at radius 3 is 2.32 bits per heavy atom. The summed E-state index contributed by atoms with van der Waals surface area (Å²) in [6, 6.07) is 14.1. The molecule has 0 bridgehead atoms. The van der Waals surface area contributed by atoms with Crippen LogP contribution in [0.1, 0.15) is 21.6 Å². The number of benzene rings is 2. The van der Waals surface area contributed by atoms with Crippen LogP contribution in [0.5, 0.6) is 0 Å². The van der Waals surface area contributed by atoms with Crippen molar-refractivity contribution in [3.8, 4) is 5.69 Å². The van der Waals surface area contributed by atoms with Crippen LogP contribution in [0.2, 0.25) is 0 Å². The molecule has 0 atom stereocenters. The maximum absolute atomic E-state index is 13.0. The van der Waals surface area contributed by atoms with Crippen molar-refractivity contribution in [2.24, 2.45) is 0 Å². The zero-order valence-electron chi connectivity index (χ0n) is 11.8. The molecule has 3 aromatic rings. The number of carbonyl (C=O) groups is 1. The largest absolute Gasteiger partial charge is 0.295 e. The molecule has 1 aromatic heterocycles. The van der Waals surface area contributed by atoms with Gasteiger partial charge in [0.25, 0.3) is 5.56 Å². The first kappa shape index (κ1) is 14.0. The van der Waals surface area contributed by atoms with Crippen molar-refractivity contribution < 1.29 is 9.18 Å². The fourth-order valence-corrected chi connectivity index (χ4v) is 2.32. The highest BCUT2D eigenvalue weighted by molar-refractivity contribution is 6.09. The van der Waals surface area contributed by atoms with Gasteiger partial charge in [0.05, 0.1) is 5.69 Å². The van der Waals surface area contributed by atoms with Crippen LogP contribution in [-0.2, 0) is 0 Å². The molecule has 0 radical (unpaired) electrons. The van der Waals surface area contributed by atoms with Crippen LogP contribution in [-0.4, -0.2) is 15.6 Å². The van der Waals surface area contributed by atoms with Crippen molar-refractivity contribution in [2.45, 2.75) is 6.92 Å². The van der Waals surface area contributed by atoms with Gasteiger partial charge in [0, 0.05) is 11.3 Å². The average Bonchev–Trinajstić information content (AvgIpc) is 2.83. The molecular weight excluding hydrogens is 283 g/mol. The third kappa shape index (κ3) is 2.37. The van der Waals surface area contributed by atoms with Gasteiger partial charge in [0.1, 0.15) is 11.4 Å². The average molecular weight is 296 g/mol. The van der Waals surface area contributed by atoms with Crippen LogP contribution in [0.15, 0.2) is 59.4 Å². The number of aromatic amines is 1. The van der Waals surface area contributed by atoms with Gasteiger partial charge >= 0.3 is 0 Å². The number of ketones is 1. The summed E-state index contributed by atoms with van der Waals surface area (Å²) < 4.78 is 14.3. The van der Waals surface area contributed by atoms with E-state index >= 15 is 0 Å². The minimum atomic E-state index is -0.427. The van der Waals surface area contributed by atoms with E-state index in [0.717, 1.165) is 0 Å². The molecule has 2 aromatic carbocycles. The third-order valence-corrected chi connectivity index (χ3v) is 3.42. The van der Waals surface area contributed by atoms with E-state index in [9.17, 15) is 14.0 Å². The predicted molar refractivity (Wildman–Crippen MR) is 81.0 cm³/mol. The summed E-state index contributed by atoms with van der Waals surface area (Å²) in [4.78, 5) is 25.0. The number of hydrogen-bond acceptors (Lipinski definition) is 2. The number of halogens is 1. The van der Waals surface area contributed by atoms with Gasteiger partial charge in [-0.05, 0) is 43.3 Å². The molecule has 0 fully saturated rings. The number of para-hydroxylation sites is 1. The second-order valence-electron chi connectivity index (χ2n) is 4.92. The van der Waals surface area contributed by atoms with E-state index in [-0.39, 0.29) is 11.1 Å². The van der Waals surface area contributed by atoms with Gasteiger partial charge in [-0.1, -0.05) is 18.2 Å². The molecule has 0 aliphatic carbocycles. The first-order valence-electron chi connectivity index (χ1n) is 6.75. The van der Waals surface area contributed by atoms with Crippen LogP contribution < -0.4 is 5.56 Å². The van der Waals surface area contributed by atoms with E-state index in [1.54, 1.807) is 31.2 Å². The first-order chi connectivity index (χ1) is 10.6. The predicted octanol–water partition coefficient (Wildman–Crippen LogP) is 2.84. The molecular formula is C17H13FN2O2. The second-order valence-corrected chi connectivity index (χ2v) is 4.92. The van der Waals surface area contributed by atoms with Crippen molar-refractivity contribution in [1.82, 2.24) is 9.78 Å². The summed E-state index contributed by atoms with van der Waals surface area (Å²) in [5, 5.41) is 2.90. The summed E-state index contributed by atoms with van der Waals surface area (Å²) in [5.41, 5.74) is 1.05.